The average molecular weight is 316 g/mol. The Morgan fingerprint density at radius 3 is 3.00 bits per heavy atom. The highest BCUT2D eigenvalue weighted by molar-refractivity contribution is 6.18. The van der Waals surface area contributed by atoms with Crippen LogP contribution in [-0.4, -0.2) is 41.1 Å². The van der Waals surface area contributed by atoms with Crippen LogP contribution in [0.4, 0.5) is 0 Å². The molecular formula is C15H22ClNO4. The van der Waals surface area contributed by atoms with Crippen LogP contribution in [0.1, 0.15) is 32.6 Å². The van der Waals surface area contributed by atoms with Crippen LogP contribution in [-0.2, 0) is 14.3 Å². The molecule has 2 rings (SSSR count). The molecule has 118 valence electrons. The van der Waals surface area contributed by atoms with E-state index in [9.17, 15) is 14.7 Å². The molecule has 1 heterocycles. The van der Waals surface area contributed by atoms with Gasteiger partial charge in [-0.05, 0) is 32.6 Å². The summed E-state index contributed by atoms with van der Waals surface area (Å²) in [4.78, 5) is 23.0. The highest BCUT2D eigenvalue weighted by atomic mass is 35.5. The van der Waals surface area contributed by atoms with Crippen LogP contribution in [0.5, 0.6) is 0 Å². The molecule has 6 heteroatoms. The van der Waals surface area contributed by atoms with E-state index in [1.165, 1.54) is 0 Å². The maximum absolute atomic E-state index is 12.2. The summed E-state index contributed by atoms with van der Waals surface area (Å²) in [5.74, 6) is -0.494. The lowest BCUT2D eigenvalue weighted by molar-refractivity contribution is -0.152. The first-order valence-electron chi connectivity index (χ1n) is 7.37. The maximum Gasteiger partial charge on any atom is 0.293 e. The normalized spacial score (nSPS) is 37.1. The first-order valence-corrected chi connectivity index (χ1v) is 7.90. The standard InChI is InChI=1S/C15H22ClNO4/c1-15(21-9-18)11(7-8-16)14(20)17-13(15)12(19)10-5-3-2-4-6-10/h3,5,9-13,19H,2,4,6-8H2,1H3,(H,17,20)/t10-,11-,12+,13-,15+/m1/s1. The Morgan fingerprint density at radius 1 is 1.67 bits per heavy atom. The molecule has 0 radical (unpaired) electrons. The fourth-order valence-electron chi connectivity index (χ4n) is 3.45. The maximum atomic E-state index is 12.2. The number of nitrogens with one attached hydrogen (secondary N) is 1. The number of allylic oxidation sites excluding steroid dienone is 1. The Hall–Kier alpha value is -1.07. The molecule has 0 unspecified atom stereocenters. The number of rotatable bonds is 6. The average Bonchev–Trinajstić information content (AvgIpc) is 2.73. The number of aliphatic hydroxyl groups excluding tert-OH is 1. The van der Waals surface area contributed by atoms with Crippen molar-refractivity contribution < 1.29 is 19.4 Å². The van der Waals surface area contributed by atoms with Crippen LogP contribution >= 0.6 is 11.6 Å². The van der Waals surface area contributed by atoms with Gasteiger partial charge in [0.05, 0.1) is 18.1 Å². The summed E-state index contributed by atoms with van der Waals surface area (Å²) in [6.45, 7) is 2.04. The van der Waals surface area contributed by atoms with Gasteiger partial charge in [0.1, 0.15) is 5.60 Å². The third kappa shape index (κ3) is 3.09. The molecular weight excluding hydrogens is 294 g/mol. The summed E-state index contributed by atoms with van der Waals surface area (Å²) in [5.41, 5.74) is -1.07. The van der Waals surface area contributed by atoms with Crippen molar-refractivity contribution in [3.63, 3.8) is 0 Å². The van der Waals surface area contributed by atoms with Gasteiger partial charge >= 0.3 is 0 Å². The van der Waals surface area contributed by atoms with E-state index in [4.69, 9.17) is 16.3 Å². The molecule has 0 aromatic heterocycles. The first kappa shape index (κ1) is 16.3. The minimum atomic E-state index is -1.07. The fourth-order valence-corrected chi connectivity index (χ4v) is 3.67. The molecule has 0 spiro atoms. The van der Waals surface area contributed by atoms with E-state index in [0.717, 1.165) is 19.3 Å². The van der Waals surface area contributed by atoms with Crippen molar-refractivity contribution >= 4 is 24.0 Å². The van der Waals surface area contributed by atoms with Crippen molar-refractivity contribution in [2.75, 3.05) is 5.88 Å². The van der Waals surface area contributed by atoms with E-state index in [0.29, 0.717) is 18.8 Å². The van der Waals surface area contributed by atoms with Crippen LogP contribution in [0, 0.1) is 11.8 Å². The van der Waals surface area contributed by atoms with Gasteiger partial charge < -0.3 is 15.2 Å². The molecule has 1 amide bonds. The predicted molar refractivity (Wildman–Crippen MR) is 78.8 cm³/mol. The Bertz CT molecular complexity index is 428. The van der Waals surface area contributed by atoms with E-state index in [1.807, 2.05) is 12.2 Å². The van der Waals surface area contributed by atoms with Crippen molar-refractivity contribution in [2.24, 2.45) is 11.8 Å². The number of halogens is 1. The largest absolute Gasteiger partial charge is 0.458 e. The van der Waals surface area contributed by atoms with E-state index in [-0.39, 0.29) is 11.8 Å². The van der Waals surface area contributed by atoms with Crippen molar-refractivity contribution in [1.29, 1.82) is 0 Å². The minimum absolute atomic E-state index is 0.0339. The van der Waals surface area contributed by atoms with Crippen LogP contribution in [0.15, 0.2) is 12.2 Å². The van der Waals surface area contributed by atoms with E-state index in [1.54, 1.807) is 6.92 Å². The Kier molecular flexibility index (Phi) is 5.27. The highest BCUT2D eigenvalue weighted by Gasteiger charge is 2.56. The lowest BCUT2D eigenvalue weighted by Gasteiger charge is -2.37. The summed E-state index contributed by atoms with van der Waals surface area (Å²) in [5, 5.41) is 13.4. The lowest BCUT2D eigenvalue weighted by atomic mass is 9.78. The van der Waals surface area contributed by atoms with Gasteiger partial charge in [-0.1, -0.05) is 12.2 Å². The van der Waals surface area contributed by atoms with Crippen molar-refractivity contribution in [2.45, 2.75) is 50.4 Å². The molecule has 1 aliphatic heterocycles. The van der Waals surface area contributed by atoms with Crippen LogP contribution in [0.2, 0.25) is 0 Å². The number of ether oxygens (including phenoxy) is 1. The summed E-state index contributed by atoms with van der Waals surface area (Å²) in [7, 11) is 0. The van der Waals surface area contributed by atoms with E-state index in [2.05, 4.69) is 5.32 Å². The summed E-state index contributed by atoms with van der Waals surface area (Å²) >= 11 is 5.75. The van der Waals surface area contributed by atoms with Gasteiger partial charge in [0, 0.05) is 11.8 Å². The SMILES string of the molecule is C[C@]1(OC=O)[C@H](CCCl)C(=O)N[C@@H]1[C@@H](O)[C@@H]1C=CCCC1. The number of amides is 1. The summed E-state index contributed by atoms with van der Waals surface area (Å²) in [6.07, 6.45) is 6.53. The molecule has 2 aliphatic rings. The molecule has 5 atom stereocenters. The molecule has 1 fully saturated rings. The van der Waals surface area contributed by atoms with E-state index < -0.39 is 23.7 Å². The van der Waals surface area contributed by atoms with Gasteiger partial charge in [0.2, 0.25) is 5.91 Å². The van der Waals surface area contributed by atoms with Gasteiger partial charge in [-0.3, -0.25) is 9.59 Å². The zero-order valence-electron chi connectivity index (χ0n) is 12.1. The van der Waals surface area contributed by atoms with Crippen LogP contribution in [0.3, 0.4) is 0 Å². The zero-order chi connectivity index (χ0) is 15.5. The molecule has 1 saturated heterocycles. The molecule has 0 saturated carbocycles. The first-order chi connectivity index (χ1) is 10.0. The number of alkyl halides is 1. The quantitative estimate of drug-likeness (QED) is 0.441. The summed E-state index contributed by atoms with van der Waals surface area (Å²) < 4.78 is 5.24. The van der Waals surface area contributed by atoms with Crippen LogP contribution < -0.4 is 5.32 Å². The van der Waals surface area contributed by atoms with Gasteiger partial charge in [0.15, 0.2) is 0 Å². The van der Waals surface area contributed by atoms with Gasteiger partial charge in [-0.2, -0.15) is 0 Å². The molecule has 0 bridgehead atoms. The van der Waals surface area contributed by atoms with Gasteiger partial charge in [-0.25, -0.2) is 0 Å². The Balaban J connectivity index is 2.23. The van der Waals surface area contributed by atoms with Crippen molar-refractivity contribution in [3.05, 3.63) is 12.2 Å². The molecule has 0 aromatic carbocycles. The van der Waals surface area contributed by atoms with Gasteiger partial charge in [0.25, 0.3) is 6.47 Å². The summed E-state index contributed by atoms with van der Waals surface area (Å²) in [6, 6.07) is -0.615. The molecule has 1 aliphatic carbocycles. The third-order valence-electron chi connectivity index (χ3n) is 4.70. The molecule has 0 aromatic rings. The van der Waals surface area contributed by atoms with Crippen molar-refractivity contribution in [1.82, 2.24) is 5.32 Å². The highest BCUT2D eigenvalue weighted by Crippen LogP contribution is 2.38. The Morgan fingerprint density at radius 2 is 2.43 bits per heavy atom. The minimum Gasteiger partial charge on any atom is -0.458 e. The third-order valence-corrected chi connectivity index (χ3v) is 4.91. The number of carbonyl (C=O) groups excluding carboxylic acids is 2. The number of carbonyl (C=O) groups is 2. The Labute approximate surface area is 129 Å². The predicted octanol–water partition coefficient (Wildman–Crippen LogP) is 1.38. The second-order valence-corrected chi connectivity index (χ2v) is 6.31. The second-order valence-electron chi connectivity index (χ2n) is 5.93. The fraction of sp³-hybridized carbons (Fsp3) is 0.733. The molecule has 5 nitrogen and oxygen atoms in total. The monoisotopic (exact) mass is 315 g/mol. The number of aliphatic hydroxyl groups is 1. The second kappa shape index (κ2) is 6.79. The van der Waals surface area contributed by atoms with Crippen molar-refractivity contribution in [3.8, 4) is 0 Å². The molecule has 21 heavy (non-hydrogen) atoms. The molecule has 2 N–H and O–H groups in total. The van der Waals surface area contributed by atoms with E-state index >= 15 is 0 Å². The number of hydrogen-bond acceptors (Lipinski definition) is 4. The van der Waals surface area contributed by atoms with Crippen LogP contribution in [0.25, 0.3) is 0 Å². The number of hydrogen-bond donors (Lipinski definition) is 2. The topological polar surface area (TPSA) is 75.6 Å². The smallest absolute Gasteiger partial charge is 0.293 e. The zero-order valence-corrected chi connectivity index (χ0v) is 12.9. The lowest BCUT2D eigenvalue weighted by Crippen LogP contribution is -2.54. The van der Waals surface area contributed by atoms with Gasteiger partial charge in [-0.15, -0.1) is 11.6 Å².